The van der Waals surface area contributed by atoms with Gasteiger partial charge in [-0.3, -0.25) is 9.59 Å². The molecule has 2 aromatic rings. The Morgan fingerprint density at radius 1 is 1.03 bits per heavy atom. The summed E-state index contributed by atoms with van der Waals surface area (Å²) in [5.41, 5.74) is 0.996. The van der Waals surface area contributed by atoms with Gasteiger partial charge in [-0.05, 0) is 24.1 Å². The molecule has 2 fully saturated rings. The van der Waals surface area contributed by atoms with Gasteiger partial charge in [0.05, 0.1) is 35.8 Å². The molecule has 1 N–H and O–H groups in total. The number of methoxy groups -OCH3 is 1. The number of aliphatic hydroxyl groups is 1. The normalized spacial score (nSPS) is 24.0. The van der Waals surface area contributed by atoms with Crippen molar-refractivity contribution in [1.29, 1.82) is 0 Å². The molecule has 2 aromatic carbocycles. The maximum Gasteiger partial charge on any atom is 0.337 e. The number of carbonyl (C=O) groups excluding carboxylic acids is 3. The van der Waals surface area contributed by atoms with Crippen molar-refractivity contribution in [2.24, 2.45) is 0 Å². The SMILES string of the molecule is COC(=O)c1ccc([C@@H]2/C(=C(\O)c3ccccc3)C(=O)C(=O)N2[C@@H]2CCS(=O)(=O)C2)cc1. The summed E-state index contributed by atoms with van der Waals surface area (Å²) in [5.74, 6) is -2.94. The lowest BCUT2D eigenvalue weighted by Crippen LogP contribution is -2.40. The van der Waals surface area contributed by atoms with Crippen LogP contribution in [0.5, 0.6) is 0 Å². The molecule has 2 saturated heterocycles. The number of nitrogens with zero attached hydrogens (tertiary/aromatic N) is 1. The standard InChI is InChI=1S/C23H21NO7S/c1-31-23(28)16-9-7-14(8-10-16)19-18(20(25)15-5-3-2-4-6-15)21(26)22(27)24(19)17-11-12-32(29,30)13-17/h2-10,17,19,25H,11-13H2,1H3/b20-18+/t17-,19-/m1/s1. The highest BCUT2D eigenvalue weighted by molar-refractivity contribution is 7.91. The predicted octanol–water partition coefficient (Wildman–Crippen LogP) is 2.08. The first-order chi connectivity index (χ1) is 15.2. The number of ether oxygens (including phenoxy) is 1. The van der Waals surface area contributed by atoms with Crippen molar-refractivity contribution in [3.05, 3.63) is 76.9 Å². The maximum atomic E-state index is 13.0. The minimum atomic E-state index is -3.34. The Morgan fingerprint density at radius 3 is 2.25 bits per heavy atom. The molecule has 9 heteroatoms. The third kappa shape index (κ3) is 3.80. The molecule has 8 nitrogen and oxygen atoms in total. The van der Waals surface area contributed by atoms with Crippen LogP contribution >= 0.6 is 0 Å². The van der Waals surface area contributed by atoms with E-state index in [4.69, 9.17) is 4.74 Å². The van der Waals surface area contributed by atoms with E-state index >= 15 is 0 Å². The molecule has 0 aliphatic carbocycles. The van der Waals surface area contributed by atoms with Gasteiger partial charge in [-0.25, -0.2) is 13.2 Å². The predicted molar refractivity (Wildman–Crippen MR) is 115 cm³/mol. The summed E-state index contributed by atoms with van der Waals surface area (Å²) in [7, 11) is -2.08. The first-order valence-corrected chi connectivity index (χ1v) is 11.8. The van der Waals surface area contributed by atoms with Crippen LogP contribution in [0.25, 0.3) is 5.76 Å². The molecular formula is C23H21NO7S. The number of hydrogen-bond donors (Lipinski definition) is 1. The number of amides is 1. The van der Waals surface area contributed by atoms with Crippen LogP contribution in [0.3, 0.4) is 0 Å². The highest BCUT2D eigenvalue weighted by Gasteiger charge is 2.50. The van der Waals surface area contributed by atoms with Crippen molar-refractivity contribution in [3.63, 3.8) is 0 Å². The molecule has 166 valence electrons. The van der Waals surface area contributed by atoms with Crippen molar-refractivity contribution in [2.75, 3.05) is 18.6 Å². The first-order valence-electron chi connectivity index (χ1n) is 9.97. The van der Waals surface area contributed by atoms with Crippen LogP contribution < -0.4 is 0 Å². The fraction of sp³-hybridized carbons (Fsp3) is 0.261. The average molecular weight is 455 g/mol. The highest BCUT2D eigenvalue weighted by atomic mass is 32.2. The van der Waals surface area contributed by atoms with E-state index < -0.39 is 39.6 Å². The fourth-order valence-electron chi connectivity index (χ4n) is 4.22. The second kappa shape index (κ2) is 8.23. The van der Waals surface area contributed by atoms with E-state index in [1.807, 2.05) is 0 Å². The molecule has 0 bridgehead atoms. The van der Waals surface area contributed by atoms with Crippen LogP contribution in [-0.4, -0.2) is 60.7 Å². The zero-order chi connectivity index (χ0) is 23.0. The highest BCUT2D eigenvalue weighted by Crippen LogP contribution is 2.42. The lowest BCUT2D eigenvalue weighted by molar-refractivity contribution is -0.141. The molecule has 0 radical (unpaired) electrons. The molecule has 0 aromatic heterocycles. The second-order valence-corrected chi connectivity index (χ2v) is 9.97. The van der Waals surface area contributed by atoms with Gasteiger partial charge in [0.2, 0.25) is 0 Å². The van der Waals surface area contributed by atoms with Gasteiger partial charge in [-0.2, -0.15) is 0 Å². The Kier molecular flexibility index (Phi) is 5.60. The summed E-state index contributed by atoms with van der Waals surface area (Å²) in [4.78, 5) is 39.1. The number of likely N-dealkylation sites (tertiary alicyclic amines) is 1. The van der Waals surface area contributed by atoms with Crippen LogP contribution in [0.15, 0.2) is 60.2 Å². The molecule has 2 heterocycles. The number of esters is 1. The molecule has 32 heavy (non-hydrogen) atoms. The van der Waals surface area contributed by atoms with Gasteiger partial charge in [0.15, 0.2) is 9.84 Å². The number of ketones is 1. The summed E-state index contributed by atoms with van der Waals surface area (Å²) < 4.78 is 28.9. The van der Waals surface area contributed by atoms with Crippen LogP contribution in [0.2, 0.25) is 0 Å². The van der Waals surface area contributed by atoms with Crippen LogP contribution in [0.1, 0.15) is 33.9 Å². The molecular weight excluding hydrogens is 434 g/mol. The maximum absolute atomic E-state index is 13.0. The summed E-state index contributed by atoms with van der Waals surface area (Å²) >= 11 is 0. The van der Waals surface area contributed by atoms with Crippen molar-refractivity contribution >= 4 is 33.3 Å². The number of sulfone groups is 1. The Labute approximate surface area is 185 Å². The fourth-order valence-corrected chi connectivity index (χ4v) is 5.93. The van der Waals surface area contributed by atoms with Crippen molar-refractivity contribution in [1.82, 2.24) is 4.90 Å². The topological polar surface area (TPSA) is 118 Å². The number of aliphatic hydroxyl groups excluding tert-OH is 1. The molecule has 4 rings (SSSR count). The van der Waals surface area contributed by atoms with Gasteiger partial charge in [0, 0.05) is 11.6 Å². The monoisotopic (exact) mass is 455 g/mol. The van der Waals surface area contributed by atoms with E-state index in [2.05, 4.69) is 0 Å². The zero-order valence-electron chi connectivity index (χ0n) is 17.2. The van der Waals surface area contributed by atoms with Gasteiger partial charge >= 0.3 is 5.97 Å². The smallest absolute Gasteiger partial charge is 0.337 e. The van der Waals surface area contributed by atoms with E-state index in [1.54, 1.807) is 42.5 Å². The summed E-state index contributed by atoms with van der Waals surface area (Å²) in [5, 5.41) is 11.0. The summed E-state index contributed by atoms with van der Waals surface area (Å²) in [6.07, 6.45) is 0.206. The molecule has 0 unspecified atom stereocenters. The van der Waals surface area contributed by atoms with Gasteiger partial charge < -0.3 is 14.7 Å². The summed E-state index contributed by atoms with van der Waals surface area (Å²) in [6, 6.07) is 12.8. The van der Waals surface area contributed by atoms with E-state index in [-0.39, 0.29) is 34.8 Å². The van der Waals surface area contributed by atoms with E-state index in [1.165, 1.54) is 24.1 Å². The number of hydrogen-bond acceptors (Lipinski definition) is 7. The van der Waals surface area contributed by atoms with Crippen molar-refractivity contribution in [2.45, 2.75) is 18.5 Å². The molecule has 1 amide bonds. The quantitative estimate of drug-likeness (QED) is 0.325. The Balaban J connectivity index is 1.86. The minimum absolute atomic E-state index is 0.0760. The van der Waals surface area contributed by atoms with Gasteiger partial charge in [0.25, 0.3) is 11.7 Å². The third-order valence-electron chi connectivity index (χ3n) is 5.78. The molecule has 2 aliphatic heterocycles. The Morgan fingerprint density at radius 2 is 1.69 bits per heavy atom. The largest absolute Gasteiger partial charge is 0.507 e. The van der Waals surface area contributed by atoms with Gasteiger partial charge in [0.1, 0.15) is 5.76 Å². The number of rotatable bonds is 4. The molecule has 2 atom stereocenters. The molecule has 0 saturated carbocycles. The average Bonchev–Trinajstić information content (AvgIpc) is 3.29. The third-order valence-corrected chi connectivity index (χ3v) is 7.53. The van der Waals surface area contributed by atoms with E-state index in [9.17, 15) is 27.9 Å². The zero-order valence-corrected chi connectivity index (χ0v) is 18.0. The van der Waals surface area contributed by atoms with Crippen LogP contribution in [-0.2, 0) is 24.2 Å². The minimum Gasteiger partial charge on any atom is -0.507 e. The molecule has 2 aliphatic rings. The van der Waals surface area contributed by atoms with Crippen molar-refractivity contribution in [3.8, 4) is 0 Å². The second-order valence-electron chi connectivity index (χ2n) is 7.74. The lowest BCUT2D eigenvalue weighted by Gasteiger charge is -2.30. The number of carbonyl (C=O) groups is 3. The van der Waals surface area contributed by atoms with Gasteiger partial charge in [-0.1, -0.05) is 42.5 Å². The van der Waals surface area contributed by atoms with Crippen LogP contribution in [0.4, 0.5) is 0 Å². The first kappa shape index (κ1) is 21.8. The molecule has 0 spiro atoms. The summed E-state index contributed by atoms with van der Waals surface area (Å²) in [6.45, 7) is 0. The van der Waals surface area contributed by atoms with E-state index in [0.29, 0.717) is 11.1 Å². The Bertz CT molecular complexity index is 1220. The van der Waals surface area contributed by atoms with Crippen molar-refractivity contribution < 1.29 is 32.6 Å². The van der Waals surface area contributed by atoms with Gasteiger partial charge in [-0.15, -0.1) is 0 Å². The lowest BCUT2D eigenvalue weighted by atomic mass is 9.94. The Hall–Kier alpha value is -3.46. The number of benzene rings is 2. The van der Waals surface area contributed by atoms with Crippen LogP contribution in [0, 0.1) is 0 Å². The van der Waals surface area contributed by atoms with E-state index in [0.717, 1.165) is 0 Å². The number of Topliss-reactive ketones (excluding diaryl/α,β-unsaturated/α-hetero) is 1.